The van der Waals surface area contributed by atoms with Gasteiger partial charge in [-0.05, 0) is 42.8 Å². The van der Waals surface area contributed by atoms with Gasteiger partial charge < -0.3 is 30.3 Å². The molecule has 2 aromatic rings. The average Bonchev–Trinajstić information content (AvgIpc) is 2.58. The molecule has 0 bridgehead atoms. The highest BCUT2D eigenvalue weighted by molar-refractivity contribution is 5.91. The largest absolute Gasteiger partial charge is 0.504 e. The van der Waals surface area contributed by atoms with Crippen molar-refractivity contribution in [3.8, 4) is 23.0 Å². The van der Waals surface area contributed by atoms with E-state index in [4.69, 9.17) is 4.74 Å². The molecule has 0 fully saturated rings. The lowest BCUT2D eigenvalue weighted by atomic mass is 9.95. The van der Waals surface area contributed by atoms with Crippen molar-refractivity contribution >= 4 is 18.0 Å². The Labute approximate surface area is 147 Å². The van der Waals surface area contributed by atoms with E-state index in [0.29, 0.717) is 5.56 Å². The van der Waals surface area contributed by atoms with Gasteiger partial charge in [-0.25, -0.2) is 9.59 Å². The third-order valence-electron chi connectivity index (χ3n) is 3.65. The minimum Gasteiger partial charge on any atom is -0.504 e. The molecule has 0 aromatic heterocycles. The highest BCUT2D eigenvalue weighted by Gasteiger charge is 2.39. The van der Waals surface area contributed by atoms with Crippen LogP contribution in [0.3, 0.4) is 0 Å². The second-order valence-electron chi connectivity index (χ2n) is 5.54. The standard InChI is InChI=1S/C18H16O8/c1-18(17(24)25,11-4-6-13(20)15(22)9-11)26-16(23)7-3-10-2-5-12(19)14(21)8-10/h2-9,19-22H,1H3,(H,24,25). The monoisotopic (exact) mass is 360 g/mol. The predicted molar refractivity (Wildman–Crippen MR) is 89.7 cm³/mol. The number of hydrogen-bond donors (Lipinski definition) is 5. The number of carbonyl (C=O) groups excluding carboxylic acids is 1. The van der Waals surface area contributed by atoms with E-state index in [1.165, 1.54) is 30.3 Å². The first-order chi connectivity index (χ1) is 12.1. The molecule has 136 valence electrons. The number of phenolic OH excluding ortho intramolecular Hbond substituents is 4. The van der Waals surface area contributed by atoms with E-state index >= 15 is 0 Å². The van der Waals surface area contributed by atoms with E-state index in [2.05, 4.69) is 0 Å². The lowest BCUT2D eigenvalue weighted by molar-refractivity contribution is -0.174. The molecule has 0 saturated carbocycles. The van der Waals surface area contributed by atoms with Gasteiger partial charge in [0.05, 0.1) is 0 Å². The second-order valence-corrected chi connectivity index (χ2v) is 5.54. The van der Waals surface area contributed by atoms with Crippen molar-refractivity contribution in [3.05, 3.63) is 53.6 Å². The molecule has 1 atom stereocenters. The van der Waals surface area contributed by atoms with E-state index in [1.807, 2.05) is 0 Å². The number of rotatable bonds is 5. The minimum atomic E-state index is -2.11. The van der Waals surface area contributed by atoms with E-state index in [9.17, 15) is 35.1 Å². The third-order valence-corrected chi connectivity index (χ3v) is 3.65. The van der Waals surface area contributed by atoms with Crippen LogP contribution < -0.4 is 0 Å². The van der Waals surface area contributed by atoms with Gasteiger partial charge in [0, 0.05) is 11.6 Å². The highest BCUT2D eigenvalue weighted by atomic mass is 16.6. The third kappa shape index (κ3) is 3.86. The number of phenols is 4. The molecule has 0 aliphatic rings. The van der Waals surface area contributed by atoms with Gasteiger partial charge in [-0.2, -0.15) is 0 Å². The van der Waals surface area contributed by atoms with Crippen molar-refractivity contribution < 1.29 is 39.9 Å². The zero-order valence-electron chi connectivity index (χ0n) is 13.6. The van der Waals surface area contributed by atoms with Gasteiger partial charge in [0.15, 0.2) is 23.0 Å². The first-order valence-corrected chi connectivity index (χ1v) is 7.32. The fourth-order valence-corrected chi connectivity index (χ4v) is 2.09. The Morgan fingerprint density at radius 1 is 0.923 bits per heavy atom. The molecule has 0 spiro atoms. The summed E-state index contributed by atoms with van der Waals surface area (Å²) in [6.07, 6.45) is 2.21. The summed E-state index contributed by atoms with van der Waals surface area (Å²) in [4.78, 5) is 23.6. The SMILES string of the molecule is CC(OC(=O)C=Cc1ccc(O)c(O)c1)(C(=O)O)c1ccc(O)c(O)c1. The van der Waals surface area contributed by atoms with Gasteiger partial charge in [0.25, 0.3) is 0 Å². The molecule has 8 heteroatoms. The first-order valence-electron chi connectivity index (χ1n) is 7.32. The molecule has 0 aliphatic carbocycles. The van der Waals surface area contributed by atoms with Gasteiger partial charge >= 0.3 is 11.9 Å². The molecular weight excluding hydrogens is 344 g/mol. The Bertz CT molecular complexity index is 887. The van der Waals surface area contributed by atoms with Gasteiger partial charge in [-0.3, -0.25) is 0 Å². The summed E-state index contributed by atoms with van der Waals surface area (Å²) < 4.78 is 5.03. The van der Waals surface area contributed by atoms with Crippen LogP contribution in [0.1, 0.15) is 18.1 Å². The zero-order chi connectivity index (χ0) is 19.5. The number of benzene rings is 2. The Morgan fingerprint density at radius 2 is 1.50 bits per heavy atom. The average molecular weight is 360 g/mol. The molecule has 2 aromatic carbocycles. The molecule has 0 aliphatic heterocycles. The molecule has 0 radical (unpaired) electrons. The summed E-state index contributed by atoms with van der Waals surface area (Å²) in [5.41, 5.74) is -1.79. The first kappa shape index (κ1) is 18.7. The van der Waals surface area contributed by atoms with E-state index in [1.54, 1.807) is 0 Å². The van der Waals surface area contributed by atoms with Crippen LogP contribution >= 0.6 is 0 Å². The zero-order valence-corrected chi connectivity index (χ0v) is 13.6. The number of carboxylic acids is 1. The number of carboxylic acid groups (broad SMARTS) is 1. The van der Waals surface area contributed by atoms with Gasteiger partial charge in [0.1, 0.15) is 0 Å². The molecule has 0 amide bonds. The van der Waals surface area contributed by atoms with E-state index < -0.39 is 29.0 Å². The van der Waals surface area contributed by atoms with Crippen LogP contribution in [0.5, 0.6) is 23.0 Å². The fraction of sp³-hybridized carbons (Fsp3) is 0.111. The molecular formula is C18H16O8. The Morgan fingerprint density at radius 3 is 2.04 bits per heavy atom. The molecule has 0 saturated heterocycles. The number of aliphatic carboxylic acids is 1. The van der Waals surface area contributed by atoms with Gasteiger partial charge in [0.2, 0.25) is 5.60 Å². The molecule has 8 nitrogen and oxygen atoms in total. The molecule has 26 heavy (non-hydrogen) atoms. The van der Waals surface area contributed by atoms with Crippen LogP contribution in [-0.2, 0) is 19.9 Å². The van der Waals surface area contributed by atoms with Crippen molar-refractivity contribution in [2.75, 3.05) is 0 Å². The van der Waals surface area contributed by atoms with Crippen LogP contribution in [0.2, 0.25) is 0 Å². The number of esters is 1. The Hall–Kier alpha value is -3.68. The number of ether oxygens (including phenoxy) is 1. The maximum atomic E-state index is 12.0. The normalized spacial score (nSPS) is 13.3. The van der Waals surface area contributed by atoms with Crippen LogP contribution in [-0.4, -0.2) is 37.5 Å². The Balaban J connectivity index is 2.24. The summed E-state index contributed by atoms with van der Waals surface area (Å²) >= 11 is 0. The minimum absolute atomic E-state index is 0.0515. The number of carbonyl (C=O) groups is 2. The Kier molecular flexibility index (Phi) is 5.06. The lowest BCUT2D eigenvalue weighted by Gasteiger charge is -2.25. The second kappa shape index (κ2) is 7.06. The fourth-order valence-electron chi connectivity index (χ4n) is 2.09. The number of aromatic hydroxyl groups is 4. The summed E-state index contributed by atoms with van der Waals surface area (Å²) in [6.45, 7) is 1.12. The smallest absolute Gasteiger partial charge is 0.352 e. The van der Waals surface area contributed by atoms with E-state index in [0.717, 1.165) is 25.1 Å². The topological polar surface area (TPSA) is 145 Å². The van der Waals surface area contributed by atoms with Crippen LogP contribution in [0, 0.1) is 0 Å². The molecule has 1 unspecified atom stereocenters. The predicted octanol–water partition coefficient (Wildman–Crippen LogP) is 2.07. The molecule has 5 N–H and O–H groups in total. The van der Waals surface area contributed by atoms with E-state index in [-0.39, 0.29) is 17.1 Å². The highest BCUT2D eigenvalue weighted by Crippen LogP contribution is 2.33. The van der Waals surface area contributed by atoms with Crippen LogP contribution in [0.15, 0.2) is 42.5 Å². The summed E-state index contributed by atoms with van der Waals surface area (Å²) in [5, 5.41) is 46.9. The van der Waals surface area contributed by atoms with Crippen LogP contribution in [0.4, 0.5) is 0 Å². The summed E-state index contributed by atoms with van der Waals surface area (Å²) in [5.74, 6) is -4.17. The van der Waals surface area contributed by atoms with Crippen LogP contribution in [0.25, 0.3) is 6.08 Å². The maximum Gasteiger partial charge on any atom is 0.352 e. The van der Waals surface area contributed by atoms with Gasteiger partial charge in [-0.15, -0.1) is 0 Å². The quantitative estimate of drug-likeness (QED) is 0.309. The van der Waals surface area contributed by atoms with Crippen molar-refractivity contribution in [2.45, 2.75) is 12.5 Å². The molecule has 2 rings (SSSR count). The van der Waals surface area contributed by atoms with Crippen molar-refractivity contribution in [3.63, 3.8) is 0 Å². The molecule has 0 heterocycles. The van der Waals surface area contributed by atoms with Gasteiger partial charge in [-0.1, -0.05) is 12.1 Å². The lowest BCUT2D eigenvalue weighted by Crippen LogP contribution is -2.37. The number of hydrogen-bond acceptors (Lipinski definition) is 7. The van der Waals surface area contributed by atoms with Crippen molar-refractivity contribution in [2.24, 2.45) is 0 Å². The van der Waals surface area contributed by atoms with Crippen molar-refractivity contribution in [1.82, 2.24) is 0 Å². The summed E-state index contributed by atoms with van der Waals surface area (Å²) in [6, 6.07) is 7.12. The maximum absolute atomic E-state index is 12.0. The van der Waals surface area contributed by atoms with Crippen molar-refractivity contribution in [1.29, 1.82) is 0 Å². The summed E-state index contributed by atoms with van der Waals surface area (Å²) in [7, 11) is 0.